The summed E-state index contributed by atoms with van der Waals surface area (Å²) in [5, 5.41) is 4.68. The van der Waals surface area contributed by atoms with Crippen LogP contribution in [0.2, 0.25) is 5.02 Å². The van der Waals surface area contributed by atoms with Crippen LogP contribution in [-0.2, 0) is 13.2 Å². The van der Waals surface area contributed by atoms with Gasteiger partial charge in [0, 0.05) is 23.2 Å². The van der Waals surface area contributed by atoms with Gasteiger partial charge in [0.15, 0.2) is 0 Å². The summed E-state index contributed by atoms with van der Waals surface area (Å²) in [6, 6.07) is 17.1. The third-order valence-electron chi connectivity index (χ3n) is 7.02. The zero-order chi connectivity index (χ0) is 18.2. The van der Waals surface area contributed by atoms with E-state index >= 15 is 0 Å². The van der Waals surface area contributed by atoms with Crippen LogP contribution in [-0.4, -0.2) is 6.04 Å². The van der Waals surface area contributed by atoms with Gasteiger partial charge >= 0.3 is 0 Å². The lowest BCUT2D eigenvalue weighted by molar-refractivity contribution is -0.0142. The minimum atomic E-state index is 0.506. The summed E-state index contributed by atoms with van der Waals surface area (Å²) in [6.45, 7) is 1.45. The highest BCUT2D eigenvalue weighted by atomic mass is 35.5. The molecule has 6 rings (SSSR count). The van der Waals surface area contributed by atoms with Gasteiger partial charge in [0.25, 0.3) is 0 Å². The number of nitrogens with one attached hydrogen (secondary N) is 1. The lowest BCUT2D eigenvalue weighted by Crippen LogP contribution is -2.54. The van der Waals surface area contributed by atoms with Crippen molar-refractivity contribution in [1.82, 2.24) is 5.32 Å². The first-order chi connectivity index (χ1) is 13.2. The number of ether oxygens (including phenoxy) is 1. The monoisotopic (exact) mass is 381 g/mol. The SMILES string of the molecule is Clc1ccccc1COc1cccc(CNC2C3CC4CC(C3)CC2C4)c1. The van der Waals surface area contributed by atoms with Gasteiger partial charge in [0.05, 0.1) is 0 Å². The number of hydrogen-bond donors (Lipinski definition) is 1. The van der Waals surface area contributed by atoms with E-state index in [0.29, 0.717) is 6.61 Å². The molecule has 0 spiro atoms. The van der Waals surface area contributed by atoms with Crippen LogP contribution < -0.4 is 10.1 Å². The van der Waals surface area contributed by atoms with E-state index in [-0.39, 0.29) is 0 Å². The average molecular weight is 382 g/mol. The molecule has 0 heterocycles. The molecule has 4 saturated carbocycles. The molecule has 4 fully saturated rings. The fourth-order valence-corrected chi connectivity index (χ4v) is 6.21. The zero-order valence-corrected chi connectivity index (χ0v) is 16.5. The van der Waals surface area contributed by atoms with E-state index in [2.05, 4.69) is 23.5 Å². The van der Waals surface area contributed by atoms with Gasteiger partial charge in [-0.2, -0.15) is 0 Å². The van der Waals surface area contributed by atoms with Crippen LogP contribution in [0.4, 0.5) is 0 Å². The molecule has 0 aromatic heterocycles. The van der Waals surface area contributed by atoms with Crippen molar-refractivity contribution in [3.63, 3.8) is 0 Å². The van der Waals surface area contributed by atoms with Gasteiger partial charge in [-0.05, 0) is 79.5 Å². The van der Waals surface area contributed by atoms with Crippen LogP contribution in [0.5, 0.6) is 5.75 Å². The van der Waals surface area contributed by atoms with Crippen LogP contribution in [0.1, 0.15) is 43.2 Å². The van der Waals surface area contributed by atoms with Crippen molar-refractivity contribution in [2.24, 2.45) is 23.7 Å². The van der Waals surface area contributed by atoms with Gasteiger partial charge in [-0.1, -0.05) is 41.9 Å². The third kappa shape index (κ3) is 3.75. The van der Waals surface area contributed by atoms with Crippen LogP contribution in [0.3, 0.4) is 0 Å². The van der Waals surface area contributed by atoms with Gasteiger partial charge in [0.1, 0.15) is 12.4 Å². The Balaban J connectivity index is 1.19. The van der Waals surface area contributed by atoms with Crippen molar-refractivity contribution in [3.05, 3.63) is 64.7 Å². The number of rotatable bonds is 6. The molecular formula is C24H28ClNO. The van der Waals surface area contributed by atoms with Gasteiger partial charge < -0.3 is 10.1 Å². The Bertz CT molecular complexity index is 776. The van der Waals surface area contributed by atoms with Crippen molar-refractivity contribution in [3.8, 4) is 5.75 Å². The molecule has 142 valence electrons. The second kappa shape index (κ2) is 7.48. The maximum atomic E-state index is 6.23. The zero-order valence-electron chi connectivity index (χ0n) is 15.7. The van der Waals surface area contributed by atoms with Crippen LogP contribution in [0.15, 0.2) is 48.5 Å². The molecule has 2 aromatic carbocycles. The average Bonchev–Trinajstić information content (AvgIpc) is 2.67. The molecule has 0 atom stereocenters. The summed E-state index contributed by atoms with van der Waals surface area (Å²) in [5.41, 5.74) is 2.33. The molecule has 4 bridgehead atoms. The number of halogens is 1. The highest BCUT2D eigenvalue weighted by Gasteiger charge is 2.47. The van der Waals surface area contributed by atoms with E-state index < -0.39 is 0 Å². The Labute approximate surface area is 167 Å². The third-order valence-corrected chi connectivity index (χ3v) is 7.39. The maximum Gasteiger partial charge on any atom is 0.120 e. The first-order valence-electron chi connectivity index (χ1n) is 10.4. The van der Waals surface area contributed by atoms with Crippen molar-refractivity contribution >= 4 is 11.6 Å². The summed E-state index contributed by atoms with van der Waals surface area (Å²) >= 11 is 6.23. The second-order valence-electron chi connectivity index (χ2n) is 8.86. The summed E-state index contributed by atoms with van der Waals surface area (Å²) < 4.78 is 5.99. The Hall–Kier alpha value is -1.51. The summed E-state index contributed by atoms with van der Waals surface area (Å²) in [7, 11) is 0. The van der Waals surface area contributed by atoms with E-state index in [0.717, 1.165) is 52.6 Å². The molecular weight excluding hydrogens is 354 g/mol. The molecule has 0 saturated heterocycles. The highest BCUT2D eigenvalue weighted by molar-refractivity contribution is 6.31. The normalized spacial score (nSPS) is 31.2. The molecule has 3 heteroatoms. The molecule has 0 aliphatic heterocycles. The fourth-order valence-electron chi connectivity index (χ4n) is 6.02. The molecule has 2 nitrogen and oxygen atoms in total. The Kier molecular flexibility index (Phi) is 4.87. The molecule has 2 aromatic rings. The number of hydrogen-bond acceptors (Lipinski definition) is 2. The molecule has 27 heavy (non-hydrogen) atoms. The first kappa shape index (κ1) is 17.6. The minimum absolute atomic E-state index is 0.506. The van der Waals surface area contributed by atoms with Crippen molar-refractivity contribution < 1.29 is 4.74 Å². The Morgan fingerprint density at radius 3 is 2.37 bits per heavy atom. The maximum absolute atomic E-state index is 6.23. The molecule has 1 N–H and O–H groups in total. The first-order valence-corrected chi connectivity index (χ1v) is 10.8. The van der Waals surface area contributed by atoms with Crippen molar-refractivity contribution in [1.29, 1.82) is 0 Å². The van der Waals surface area contributed by atoms with Gasteiger partial charge in [-0.15, -0.1) is 0 Å². The minimum Gasteiger partial charge on any atom is -0.489 e. The Morgan fingerprint density at radius 1 is 0.889 bits per heavy atom. The smallest absolute Gasteiger partial charge is 0.120 e. The van der Waals surface area contributed by atoms with Crippen LogP contribution >= 0.6 is 11.6 Å². The van der Waals surface area contributed by atoms with E-state index in [1.54, 1.807) is 0 Å². The molecule has 0 unspecified atom stereocenters. The standard InChI is InChI=1S/C24H28ClNO/c25-23-7-2-1-5-19(23)15-27-22-6-3-4-16(13-22)14-26-24-20-9-17-8-18(11-20)12-21(24)10-17/h1-7,13,17-18,20-21,24,26H,8-12,14-15H2. The predicted octanol–water partition coefficient (Wildman–Crippen LogP) is 5.83. The highest BCUT2D eigenvalue weighted by Crippen LogP contribution is 2.53. The van der Waals surface area contributed by atoms with E-state index in [4.69, 9.17) is 16.3 Å². The van der Waals surface area contributed by atoms with Crippen molar-refractivity contribution in [2.75, 3.05) is 0 Å². The van der Waals surface area contributed by atoms with E-state index in [1.165, 1.54) is 37.7 Å². The van der Waals surface area contributed by atoms with E-state index in [9.17, 15) is 0 Å². The van der Waals surface area contributed by atoms with Crippen LogP contribution in [0.25, 0.3) is 0 Å². The lowest BCUT2D eigenvalue weighted by Gasteiger charge is -2.54. The molecule has 0 radical (unpaired) electrons. The topological polar surface area (TPSA) is 21.3 Å². The number of benzene rings is 2. The van der Waals surface area contributed by atoms with Gasteiger partial charge in [-0.3, -0.25) is 0 Å². The van der Waals surface area contributed by atoms with Crippen LogP contribution in [0, 0.1) is 23.7 Å². The van der Waals surface area contributed by atoms with Gasteiger partial charge in [0.2, 0.25) is 0 Å². The Morgan fingerprint density at radius 2 is 1.63 bits per heavy atom. The quantitative estimate of drug-likeness (QED) is 0.679. The second-order valence-corrected chi connectivity index (χ2v) is 9.27. The molecule has 4 aliphatic carbocycles. The fraction of sp³-hybridized carbons (Fsp3) is 0.500. The largest absolute Gasteiger partial charge is 0.489 e. The molecule has 4 aliphatic rings. The summed E-state index contributed by atoms with van der Waals surface area (Å²) in [6.07, 6.45) is 7.37. The summed E-state index contributed by atoms with van der Waals surface area (Å²) in [4.78, 5) is 0. The van der Waals surface area contributed by atoms with Crippen molar-refractivity contribution in [2.45, 2.75) is 51.3 Å². The summed E-state index contributed by atoms with van der Waals surface area (Å²) in [5.74, 6) is 4.82. The van der Waals surface area contributed by atoms with E-state index in [1.807, 2.05) is 30.3 Å². The lowest BCUT2D eigenvalue weighted by atomic mass is 9.54. The molecule has 0 amide bonds. The predicted molar refractivity (Wildman–Crippen MR) is 110 cm³/mol. The van der Waals surface area contributed by atoms with Gasteiger partial charge in [-0.25, -0.2) is 0 Å².